The molecule has 2 aromatic heterocycles. The third kappa shape index (κ3) is 5.56. The standard InChI is InChI=1S/C30H30N6O2.2ClH/c1-18-27(33-19(2)28(18)30(38)34-22-10-12-31-13-11-22)15-25-24-14-20(8-9-26(24)35-29(25)37)21-16-32-36(17-21)23-6-4-3-5-7-23;;/h3-9,14-17,22,31,33H,10-13H2,1-2H3,(H,34,38)(H,35,37);2*1H/b25-15-;;. The molecule has 2 aromatic carbocycles. The number of aromatic amines is 1. The molecule has 0 spiro atoms. The van der Waals surface area contributed by atoms with Gasteiger partial charge in [-0.3, -0.25) is 9.59 Å². The predicted octanol–water partition coefficient (Wildman–Crippen LogP) is 5.30. The van der Waals surface area contributed by atoms with Gasteiger partial charge in [-0.25, -0.2) is 4.68 Å². The number of amides is 2. The van der Waals surface area contributed by atoms with E-state index in [9.17, 15) is 9.59 Å². The number of aryl methyl sites for hydroxylation is 1. The van der Waals surface area contributed by atoms with Crippen molar-refractivity contribution in [3.05, 3.63) is 89.0 Å². The number of nitrogens with zero attached hydrogens (tertiary/aromatic N) is 2. The van der Waals surface area contributed by atoms with Gasteiger partial charge in [0, 0.05) is 40.4 Å². The van der Waals surface area contributed by atoms with Crippen molar-refractivity contribution >= 4 is 54.0 Å². The van der Waals surface area contributed by atoms with Crippen LogP contribution in [0.4, 0.5) is 5.69 Å². The molecule has 4 heterocycles. The monoisotopic (exact) mass is 578 g/mol. The molecule has 1 saturated heterocycles. The Morgan fingerprint density at radius 1 is 1.05 bits per heavy atom. The fourth-order valence-electron chi connectivity index (χ4n) is 5.33. The van der Waals surface area contributed by atoms with Gasteiger partial charge in [0.15, 0.2) is 0 Å². The van der Waals surface area contributed by atoms with Gasteiger partial charge in [-0.1, -0.05) is 24.3 Å². The first-order valence-electron chi connectivity index (χ1n) is 13.0. The summed E-state index contributed by atoms with van der Waals surface area (Å²) in [6.45, 7) is 5.65. The summed E-state index contributed by atoms with van der Waals surface area (Å²) in [5.41, 5.74) is 8.10. The number of nitrogens with one attached hydrogen (secondary N) is 4. The summed E-state index contributed by atoms with van der Waals surface area (Å²) in [6.07, 6.45) is 7.51. The summed E-state index contributed by atoms with van der Waals surface area (Å²) >= 11 is 0. The molecule has 8 nitrogen and oxygen atoms in total. The number of hydrogen-bond donors (Lipinski definition) is 4. The summed E-state index contributed by atoms with van der Waals surface area (Å²) in [4.78, 5) is 29.4. The summed E-state index contributed by atoms with van der Waals surface area (Å²) in [7, 11) is 0. The second kappa shape index (κ2) is 12.1. The van der Waals surface area contributed by atoms with Gasteiger partial charge < -0.3 is 20.9 Å². The van der Waals surface area contributed by atoms with Crippen LogP contribution in [0.1, 0.15) is 45.7 Å². The van der Waals surface area contributed by atoms with E-state index in [0.717, 1.165) is 70.9 Å². The SMILES string of the molecule is Cc1[nH]c(/C=C2\C(=O)Nc3ccc(-c4cnn(-c5ccccc5)c4)cc32)c(C)c1C(=O)NC1CCNCC1.Cl.Cl. The minimum absolute atomic E-state index is 0. The molecule has 2 amide bonds. The molecule has 4 aromatic rings. The van der Waals surface area contributed by atoms with E-state index in [1.165, 1.54) is 0 Å². The first kappa shape index (κ1) is 29.1. The molecule has 0 aliphatic carbocycles. The largest absolute Gasteiger partial charge is 0.358 e. The van der Waals surface area contributed by atoms with Crippen molar-refractivity contribution in [1.82, 2.24) is 25.4 Å². The molecule has 0 saturated carbocycles. The van der Waals surface area contributed by atoms with Crippen molar-refractivity contribution in [3.63, 3.8) is 0 Å². The quantitative estimate of drug-likeness (QED) is 0.241. The van der Waals surface area contributed by atoms with Crippen molar-refractivity contribution in [1.29, 1.82) is 0 Å². The Balaban J connectivity index is 0.00000185. The van der Waals surface area contributed by atoms with Crippen LogP contribution in [-0.2, 0) is 4.79 Å². The Labute approximate surface area is 245 Å². The first-order chi connectivity index (χ1) is 18.5. The lowest BCUT2D eigenvalue weighted by molar-refractivity contribution is -0.110. The predicted molar refractivity (Wildman–Crippen MR) is 164 cm³/mol. The van der Waals surface area contributed by atoms with Gasteiger partial charge in [-0.15, -0.1) is 24.8 Å². The van der Waals surface area contributed by atoms with E-state index in [2.05, 4.69) is 26.0 Å². The van der Waals surface area contributed by atoms with Gasteiger partial charge in [0.1, 0.15) is 0 Å². The van der Waals surface area contributed by atoms with E-state index in [1.807, 2.05) is 85.5 Å². The van der Waals surface area contributed by atoms with Crippen LogP contribution in [0.25, 0.3) is 28.5 Å². The maximum Gasteiger partial charge on any atom is 0.256 e. The molecule has 0 atom stereocenters. The molecule has 208 valence electrons. The molecule has 1 fully saturated rings. The highest BCUT2D eigenvalue weighted by atomic mass is 35.5. The maximum atomic E-state index is 13.1. The number of benzene rings is 2. The summed E-state index contributed by atoms with van der Waals surface area (Å²) in [5.74, 6) is -0.230. The lowest BCUT2D eigenvalue weighted by Crippen LogP contribution is -2.42. The van der Waals surface area contributed by atoms with Gasteiger partial charge in [0.05, 0.1) is 23.0 Å². The van der Waals surface area contributed by atoms with Crippen LogP contribution >= 0.6 is 24.8 Å². The molecule has 4 N–H and O–H groups in total. The zero-order valence-electron chi connectivity index (χ0n) is 22.3. The molecule has 0 radical (unpaired) electrons. The highest BCUT2D eigenvalue weighted by Crippen LogP contribution is 2.37. The van der Waals surface area contributed by atoms with Crippen LogP contribution in [0.15, 0.2) is 60.9 Å². The van der Waals surface area contributed by atoms with E-state index in [-0.39, 0.29) is 42.7 Å². The molecule has 0 bridgehead atoms. The van der Waals surface area contributed by atoms with Gasteiger partial charge >= 0.3 is 0 Å². The molecule has 2 aliphatic heterocycles. The van der Waals surface area contributed by atoms with E-state index < -0.39 is 0 Å². The Bertz CT molecular complexity index is 1570. The van der Waals surface area contributed by atoms with Crippen molar-refractivity contribution in [2.24, 2.45) is 0 Å². The molecule has 0 unspecified atom stereocenters. The van der Waals surface area contributed by atoms with Crippen LogP contribution in [0, 0.1) is 13.8 Å². The van der Waals surface area contributed by atoms with E-state index in [4.69, 9.17) is 0 Å². The zero-order valence-corrected chi connectivity index (χ0v) is 23.9. The van der Waals surface area contributed by atoms with E-state index >= 15 is 0 Å². The topological polar surface area (TPSA) is 104 Å². The average Bonchev–Trinajstić information content (AvgIpc) is 3.61. The van der Waals surface area contributed by atoms with Crippen LogP contribution in [0.3, 0.4) is 0 Å². The summed E-state index contributed by atoms with van der Waals surface area (Å²) in [5, 5.41) is 14.0. The first-order valence-corrected chi connectivity index (χ1v) is 13.0. The van der Waals surface area contributed by atoms with E-state index in [1.54, 1.807) is 0 Å². The van der Waals surface area contributed by atoms with Gasteiger partial charge in [0.25, 0.3) is 11.8 Å². The Morgan fingerprint density at radius 3 is 2.55 bits per heavy atom. The van der Waals surface area contributed by atoms with Crippen LogP contribution < -0.4 is 16.0 Å². The molecule has 6 rings (SSSR count). The van der Waals surface area contributed by atoms with Gasteiger partial charge in [-0.05, 0) is 81.2 Å². The van der Waals surface area contributed by atoms with Gasteiger partial charge in [-0.2, -0.15) is 5.10 Å². The number of fused-ring (bicyclic) bond motifs is 1. The molecule has 40 heavy (non-hydrogen) atoms. The second-order valence-electron chi connectivity index (χ2n) is 9.94. The molecule has 2 aliphatic rings. The number of piperidine rings is 1. The number of aromatic nitrogens is 3. The van der Waals surface area contributed by atoms with Crippen LogP contribution in [-0.4, -0.2) is 45.7 Å². The molecular formula is C30H32Cl2N6O2. The molecular weight excluding hydrogens is 547 g/mol. The number of anilines is 1. The van der Waals surface area contributed by atoms with Crippen LogP contribution in [0.2, 0.25) is 0 Å². The summed E-state index contributed by atoms with van der Waals surface area (Å²) in [6, 6.07) is 16.0. The number of halogens is 2. The number of hydrogen-bond acceptors (Lipinski definition) is 4. The fraction of sp³-hybridized carbons (Fsp3) is 0.233. The third-order valence-electron chi connectivity index (χ3n) is 7.41. The number of rotatable bonds is 5. The zero-order chi connectivity index (χ0) is 26.2. The van der Waals surface area contributed by atoms with Crippen LogP contribution in [0.5, 0.6) is 0 Å². The fourth-order valence-corrected chi connectivity index (χ4v) is 5.33. The Hall–Kier alpha value is -3.85. The number of carbonyl (C=O) groups is 2. The highest BCUT2D eigenvalue weighted by molar-refractivity contribution is 6.35. The average molecular weight is 580 g/mol. The van der Waals surface area contributed by atoms with Crippen molar-refractivity contribution in [3.8, 4) is 16.8 Å². The Kier molecular flexibility index (Phi) is 8.83. The number of H-pyrrole nitrogens is 1. The number of para-hydroxylation sites is 1. The molecule has 10 heteroatoms. The number of carbonyl (C=O) groups excluding carboxylic acids is 2. The normalized spacial score (nSPS) is 15.7. The summed E-state index contributed by atoms with van der Waals surface area (Å²) < 4.78 is 1.84. The highest BCUT2D eigenvalue weighted by Gasteiger charge is 2.27. The minimum atomic E-state index is -0.163. The maximum absolute atomic E-state index is 13.1. The van der Waals surface area contributed by atoms with Crippen molar-refractivity contribution in [2.75, 3.05) is 18.4 Å². The van der Waals surface area contributed by atoms with Gasteiger partial charge in [0.2, 0.25) is 0 Å². The van der Waals surface area contributed by atoms with E-state index in [0.29, 0.717) is 11.1 Å². The third-order valence-corrected chi connectivity index (χ3v) is 7.41. The van der Waals surface area contributed by atoms with Crippen molar-refractivity contribution < 1.29 is 9.59 Å². The van der Waals surface area contributed by atoms with Crippen molar-refractivity contribution in [2.45, 2.75) is 32.7 Å². The lowest BCUT2D eigenvalue weighted by Gasteiger charge is -2.23. The second-order valence-corrected chi connectivity index (χ2v) is 9.94. The lowest BCUT2D eigenvalue weighted by atomic mass is 9.99. The minimum Gasteiger partial charge on any atom is -0.358 e. The smallest absolute Gasteiger partial charge is 0.256 e. The Morgan fingerprint density at radius 2 is 1.80 bits per heavy atom.